The van der Waals surface area contributed by atoms with E-state index >= 15 is 0 Å². The highest BCUT2D eigenvalue weighted by Gasteiger charge is 2.12. The van der Waals surface area contributed by atoms with Crippen LogP contribution in [-0.2, 0) is 16.1 Å². The van der Waals surface area contributed by atoms with Crippen LogP contribution < -0.4 is 25.0 Å². The van der Waals surface area contributed by atoms with Crippen molar-refractivity contribution in [3.8, 4) is 17.2 Å². The maximum atomic E-state index is 11.8. The Hall–Kier alpha value is -3.62. The standard InChI is InChI=1S/C19H22N4O5/c1-26-15-7-14(8-16(27-2)19(15)28-3)12-22-23-18(25)9-17(24)21-11-13-5-4-6-20-10-13/h4-8,10,12H,9,11H2,1-3H3,(H,21,24)(H,23,25)/b22-12+. The Morgan fingerprint density at radius 2 is 1.82 bits per heavy atom. The number of nitrogens with one attached hydrogen (secondary N) is 2. The summed E-state index contributed by atoms with van der Waals surface area (Å²) in [5, 5.41) is 6.49. The van der Waals surface area contributed by atoms with Crippen molar-refractivity contribution < 1.29 is 23.8 Å². The number of ether oxygens (including phenoxy) is 3. The number of methoxy groups -OCH3 is 3. The molecule has 1 heterocycles. The van der Waals surface area contributed by atoms with E-state index in [1.807, 2.05) is 6.07 Å². The van der Waals surface area contributed by atoms with Crippen LogP contribution in [0.3, 0.4) is 0 Å². The number of rotatable bonds is 9. The van der Waals surface area contributed by atoms with Gasteiger partial charge in [0.15, 0.2) is 11.5 Å². The number of carbonyl (C=O) groups is 2. The van der Waals surface area contributed by atoms with Crippen molar-refractivity contribution in [1.29, 1.82) is 0 Å². The third kappa shape index (κ3) is 5.97. The molecule has 0 aliphatic rings. The molecule has 2 N–H and O–H groups in total. The van der Waals surface area contributed by atoms with Gasteiger partial charge in [0.2, 0.25) is 17.6 Å². The van der Waals surface area contributed by atoms with Gasteiger partial charge in [-0.1, -0.05) is 6.07 Å². The van der Waals surface area contributed by atoms with Crippen LogP contribution in [0, 0.1) is 0 Å². The van der Waals surface area contributed by atoms with Gasteiger partial charge in [0.25, 0.3) is 0 Å². The third-order valence-electron chi connectivity index (χ3n) is 3.62. The molecule has 9 nitrogen and oxygen atoms in total. The highest BCUT2D eigenvalue weighted by atomic mass is 16.5. The molecule has 0 saturated heterocycles. The molecule has 0 aliphatic heterocycles. The van der Waals surface area contributed by atoms with Crippen molar-refractivity contribution in [2.75, 3.05) is 21.3 Å². The van der Waals surface area contributed by atoms with Crippen molar-refractivity contribution in [3.05, 3.63) is 47.8 Å². The summed E-state index contributed by atoms with van der Waals surface area (Å²) in [5.41, 5.74) is 3.77. The van der Waals surface area contributed by atoms with Crippen molar-refractivity contribution in [3.63, 3.8) is 0 Å². The van der Waals surface area contributed by atoms with E-state index in [4.69, 9.17) is 14.2 Å². The minimum Gasteiger partial charge on any atom is -0.493 e. The molecule has 0 saturated carbocycles. The second kappa shape index (κ2) is 10.5. The molecule has 0 unspecified atom stereocenters. The SMILES string of the molecule is COc1cc(/C=N/NC(=O)CC(=O)NCc2cccnc2)cc(OC)c1OC. The number of amides is 2. The predicted molar refractivity (Wildman–Crippen MR) is 103 cm³/mol. The second-order valence-electron chi connectivity index (χ2n) is 5.57. The molecule has 1 aromatic heterocycles. The van der Waals surface area contributed by atoms with E-state index in [2.05, 4.69) is 20.8 Å². The topological polar surface area (TPSA) is 111 Å². The normalized spacial score (nSPS) is 10.4. The van der Waals surface area contributed by atoms with Crippen LogP contribution in [0.25, 0.3) is 0 Å². The lowest BCUT2D eigenvalue weighted by Crippen LogP contribution is -2.29. The molecular weight excluding hydrogens is 364 g/mol. The van der Waals surface area contributed by atoms with E-state index in [1.165, 1.54) is 27.5 Å². The summed E-state index contributed by atoms with van der Waals surface area (Å²) in [7, 11) is 4.52. The first kappa shape index (κ1) is 20.7. The van der Waals surface area contributed by atoms with Crippen LogP contribution in [-0.4, -0.2) is 44.3 Å². The van der Waals surface area contributed by atoms with E-state index in [0.29, 0.717) is 29.4 Å². The Morgan fingerprint density at radius 1 is 1.11 bits per heavy atom. The Labute approximate surface area is 162 Å². The highest BCUT2D eigenvalue weighted by molar-refractivity contribution is 5.97. The Morgan fingerprint density at radius 3 is 2.39 bits per heavy atom. The molecule has 0 bridgehead atoms. The molecule has 2 rings (SSSR count). The summed E-state index contributed by atoms with van der Waals surface area (Å²) in [6, 6.07) is 6.95. The van der Waals surface area contributed by atoms with Crippen LogP contribution in [0.4, 0.5) is 0 Å². The fourth-order valence-electron chi connectivity index (χ4n) is 2.31. The number of pyridine rings is 1. The van der Waals surface area contributed by atoms with E-state index in [-0.39, 0.29) is 6.42 Å². The summed E-state index contributed by atoms with van der Waals surface area (Å²) in [6.07, 6.45) is 4.36. The van der Waals surface area contributed by atoms with E-state index in [9.17, 15) is 9.59 Å². The number of hydrazone groups is 1. The first-order valence-electron chi connectivity index (χ1n) is 8.35. The van der Waals surface area contributed by atoms with Crippen LogP contribution in [0.5, 0.6) is 17.2 Å². The molecule has 0 atom stereocenters. The fourth-order valence-corrected chi connectivity index (χ4v) is 2.31. The van der Waals surface area contributed by atoms with Crippen LogP contribution >= 0.6 is 0 Å². The van der Waals surface area contributed by atoms with Gasteiger partial charge in [-0.05, 0) is 23.8 Å². The lowest BCUT2D eigenvalue weighted by Gasteiger charge is -2.12. The third-order valence-corrected chi connectivity index (χ3v) is 3.62. The Kier molecular flexibility index (Phi) is 7.77. The number of hydrogen-bond acceptors (Lipinski definition) is 7. The number of carbonyl (C=O) groups excluding carboxylic acids is 2. The van der Waals surface area contributed by atoms with Crippen LogP contribution in [0.2, 0.25) is 0 Å². The summed E-state index contributed by atoms with van der Waals surface area (Å²) < 4.78 is 15.7. The lowest BCUT2D eigenvalue weighted by molar-refractivity contribution is -0.129. The number of hydrogen-bond donors (Lipinski definition) is 2. The zero-order chi connectivity index (χ0) is 20.4. The summed E-state index contributed by atoms with van der Waals surface area (Å²) in [4.78, 5) is 27.6. The van der Waals surface area contributed by atoms with Gasteiger partial charge in [-0.3, -0.25) is 14.6 Å². The average Bonchev–Trinajstić information content (AvgIpc) is 2.72. The molecule has 9 heteroatoms. The zero-order valence-electron chi connectivity index (χ0n) is 15.9. The molecule has 2 aromatic rings. The van der Waals surface area contributed by atoms with Crippen LogP contribution in [0.1, 0.15) is 17.5 Å². The summed E-state index contributed by atoms with van der Waals surface area (Å²) >= 11 is 0. The van der Waals surface area contributed by atoms with E-state index in [1.54, 1.807) is 30.6 Å². The minimum absolute atomic E-state index is 0.300. The Bertz CT molecular complexity index is 814. The van der Waals surface area contributed by atoms with Gasteiger partial charge >= 0.3 is 0 Å². The molecule has 148 valence electrons. The highest BCUT2D eigenvalue weighted by Crippen LogP contribution is 2.37. The molecule has 2 amide bonds. The maximum Gasteiger partial charge on any atom is 0.249 e. The zero-order valence-corrected chi connectivity index (χ0v) is 15.9. The first-order chi connectivity index (χ1) is 13.6. The van der Waals surface area contributed by atoms with Gasteiger partial charge in [-0.25, -0.2) is 5.43 Å². The van der Waals surface area contributed by atoms with Gasteiger partial charge in [-0.15, -0.1) is 0 Å². The summed E-state index contributed by atoms with van der Waals surface area (Å²) in [6.45, 7) is 0.300. The largest absolute Gasteiger partial charge is 0.493 e. The smallest absolute Gasteiger partial charge is 0.249 e. The minimum atomic E-state index is -0.535. The van der Waals surface area contributed by atoms with Gasteiger partial charge in [0.05, 0.1) is 27.5 Å². The molecule has 1 aromatic carbocycles. The van der Waals surface area contributed by atoms with Gasteiger partial charge in [0.1, 0.15) is 6.42 Å². The molecule has 0 radical (unpaired) electrons. The molecule has 0 fully saturated rings. The average molecular weight is 386 g/mol. The molecule has 28 heavy (non-hydrogen) atoms. The monoisotopic (exact) mass is 386 g/mol. The van der Waals surface area contributed by atoms with E-state index in [0.717, 1.165) is 5.56 Å². The predicted octanol–water partition coefficient (Wildman–Crippen LogP) is 1.26. The fraction of sp³-hybridized carbons (Fsp3) is 0.263. The van der Waals surface area contributed by atoms with Crippen molar-refractivity contribution in [2.45, 2.75) is 13.0 Å². The van der Waals surface area contributed by atoms with E-state index < -0.39 is 11.8 Å². The van der Waals surface area contributed by atoms with Gasteiger partial charge < -0.3 is 19.5 Å². The molecule has 0 aliphatic carbocycles. The Balaban J connectivity index is 1.88. The summed E-state index contributed by atoms with van der Waals surface area (Å²) in [5.74, 6) is 0.432. The van der Waals surface area contributed by atoms with Crippen molar-refractivity contribution >= 4 is 18.0 Å². The van der Waals surface area contributed by atoms with Gasteiger partial charge in [0, 0.05) is 24.5 Å². The maximum absolute atomic E-state index is 11.8. The lowest BCUT2D eigenvalue weighted by atomic mass is 10.2. The van der Waals surface area contributed by atoms with Crippen LogP contribution in [0.15, 0.2) is 41.8 Å². The quantitative estimate of drug-likeness (QED) is 0.381. The number of benzene rings is 1. The second-order valence-corrected chi connectivity index (χ2v) is 5.57. The first-order valence-corrected chi connectivity index (χ1v) is 8.35. The number of aromatic nitrogens is 1. The molecule has 0 spiro atoms. The van der Waals surface area contributed by atoms with Gasteiger partial charge in [-0.2, -0.15) is 5.10 Å². The van der Waals surface area contributed by atoms with Crippen molar-refractivity contribution in [2.24, 2.45) is 5.10 Å². The molecular formula is C19H22N4O5. The van der Waals surface area contributed by atoms with Crippen molar-refractivity contribution in [1.82, 2.24) is 15.7 Å². The number of nitrogens with zero attached hydrogens (tertiary/aromatic N) is 2.